The summed E-state index contributed by atoms with van der Waals surface area (Å²) in [6, 6.07) is 15.7. The summed E-state index contributed by atoms with van der Waals surface area (Å²) in [5.41, 5.74) is 2.56. The van der Waals surface area contributed by atoms with Crippen molar-refractivity contribution in [2.24, 2.45) is 5.41 Å². The SMILES string of the molecule is COC(=O)Cn1c(=O)c2c(nc(CC(C)(C)C)n2Cc2ccc(-c3ccccc3-c3nn[nH]n3)cc2)n(C(C)OC)c1=O. The Morgan fingerprint density at radius 2 is 1.70 bits per heavy atom. The summed E-state index contributed by atoms with van der Waals surface area (Å²) in [5.74, 6) is 0.419. The maximum atomic E-state index is 13.9. The molecular weight excluding hydrogens is 552 g/mol. The number of nitrogens with one attached hydrogen (secondary N) is 1. The number of benzene rings is 2. The van der Waals surface area contributed by atoms with Crippen LogP contribution in [0.3, 0.4) is 0 Å². The molecule has 5 aromatic rings. The first-order valence-electron chi connectivity index (χ1n) is 13.8. The molecule has 43 heavy (non-hydrogen) atoms. The minimum absolute atomic E-state index is 0.176. The van der Waals surface area contributed by atoms with Crippen molar-refractivity contribution in [2.45, 2.75) is 53.4 Å². The number of hydrogen-bond acceptors (Lipinski definition) is 9. The summed E-state index contributed by atoms with van der Waals surface area (Å²) in [6.07, 6.45) is -0.215. The van der Waals surface area contributed by atoms with Crippen LogP contribution in [0.15, 0.2) is 58.1 Å². The van der Waals surface area contributed by atoms with E-state index in [1.54, 1.807) is 6.92 Å². The number of fused-ring (bicyclic) bond motifs is 1. The van der Waals surface area contributed by atoms with Crippen LogP contribution in [0.2, 0.25) is 0 Å². The lowest BCUT2D eigenvalue weighted by Crippen LogP contribution is -2.43. The number of ether oxygens (including phenoxy) is 2. The van der Waals surface area contributed by atoms with Gasteiger partial charge in [0, 0.05) is 25.6 Å². The Morgan fingerprint density at radius 3 is 2.30 bits per heavy atom. The first-order valence-corrected chi connectivity index (χ1v) is 13.8. The number of methoxy groups -OCH3 is 2. The van der Waals surface area contributed by atoms with E-state index < -0.39 is 30.0 Å². The maximum Gasteiger partial charge on any atom is 0.335 e. The normalized spacial score (nSPS) is 12.5. The fraction of sp³-hybridized carbons (Fsp3) is 0.367. The van der Waals surface area contributed by atoms with E-state index in [0.717, 1.165) is 26.8 Å². The van der Waals surface area contributed by atoms with E-state index in [2.05, 4.69) is 41.4 Å². The van der Waals surface area contributed by atoms with Crippen LogP contribution in [-0.4, -0.2) is 59.5 Å². The summed E-state index contributed by atoms with van der Waals surface area (Å²) < 4.78 is 14.3. The van der Waals surface area contributed by atoms with Gasteiger partial charge in [0.2, 0.25) is 5.82 Å². The summed E-state index contributed by atoms with van der Waals surface area (Å²) in [6.45, 7) is 7.69. The van der Waals surface area contributed by atoms with Crippen molar-refractivity contribution in [2.75, 3.05) is 14.2 Å². The lowest BCUT2D eigenvalue weighted by Gasteiger charge is -2.19. The first kappa shape index (κ1) is 29.6. The molecule has 2 aromatic carbocycles. The van der Waals surface area contributed by atoms with Crippen molar-refractivity contribution >= 4 is 17.1 Å². The minimum Gasteiger partial charge on any atom is -0.468 e. The standard InChI is InChI=1S/C30H34N8O5/c1-18(42-5)38-27-25(28(40)37(29(38)41)17-24(39)43-6)36(23(31-27)15-30(2,3)4)16-19-11-13-20(14-12-19)21-9-7-8-10-22(21)26-32-34-35-33-26/h7-14,18H,15-17H2,1-6H3,(H,32,33,34,35). The molecule has 0 saturated heterocycles. The van der Waals surface area contributed by atoms with Crippen LogP contribution in [0.4, 0.5) is 0 Å². The van der Waals surface area contributed by atoms with Crippen molar-refractivity contribution in [1.82, 2.24) is 39.3 Å². The second-order valence-corrected chi connectivity index (χ2v) is 11.5. The van der Waals surface area contributed by atoms with Gasteiger partial charge in [-0.2, -0.15) is 5.21 Å². The van der Waals surface area contributed by atoms with Gasteiger partial charge in [-0.05, 0) is 34.2 Å². The number of carbonyl (C=O) groups excluding carboxylic acids is 1. The predicted octanol–water partition coefficient (Wildman–Crippen LogP) is 3.18. The zero-order chi connectivity index (χ0) is 30.9. The highest BCUT2D eigenvalue weighted by Gasteiger charge is 2.27. The Balaban J connectivity index is 1.65. The molecule has 0 aliphatic heterocycles. The molecule has 13 nitrogen and oxygen atoms in total. The molecule has 5 rings (SSSR count). The van der Waals surface area contributed by atoms with E-state index in [4.69, 9.17) is 14.5 Å². The van der Waals surface area contributed by atoms with Crippen LogP contribution < -0.4 is 11.2 Å². The molecule has 3 heterocycles. The quantitative estimate of drug-likeness (QED) is 0.257. The topological polar surface area (TPSA) is 152 Å². The van der Waals surface area contributed by atoms with E-state index in [9.17, 15) is 14.4 Å². The molecule has 0 radical (unpaired) electrons. The zero-order valence-corrected chi connectivity index (χ0v) is 25.0. The number of carbonyl (C=O) groups is 1. The van der Waals surface area contributed by atoms with E-state index >= 15 is 0 Å². The predicted molar refractivity (Wildman–Crippen MR) is 159 cm³/mol. The van der Waals surface area contributed by atoms with Gasteiger partial charge in [-0.1, -0.05) is 69.3 Å². The van der Waals surface area contributed by atoms with Gasteiger partial charge in [-0.25, -0.2) is 18.9 Å². The maximum absolute atomic E-state index is 13.9. The highest BCUT2D eigenvalue weighted by Crippen LogP contribution is 2.30. The number of esters is 1. The number of rotatable bonds is 9. The van der Waals surface area contributed by atoms with Crippen LogP contribution in [-0.2, 0) is 33.8 Å². The van der Waals surface area contributed by atoms with E-state index in [0.29, 0.717) is 24.6 Å². The smallest absolute Gasteiger partial charge is 0.335 e. The van der Waals surface area contributed by atoms with Crippen molar-refractivity contribution in [3.63, 3.8) is 0 Å². The molecule has 1 atom stereocenters. The molecule has 13 heteroatoms. The van der Waals surface area contributed by atoms with Gasteiger partial charge in [0.25, 0.3) is 5.56 Å². The largest absolute Gasteiger partial charge is 0.468 e. The molecule has 0 amide bonds. The lowest BCUT2D eigenvalue weighted by molar-refractivity contribution is -0.141. The molecular formula is C30H34N8O5. The Kier molecular flexibility index (Phi) is 8.09. The van der Waals surface area contributed by atoms with Crippen LogP contribution in [0.25, 0.3) is 33.7 Å². The van der Waals surface area contributed by atoms with E-state index in [-0.39, 0.29) is 16.6 Å². The van der Waals surface area contributed by atoms with Gasteiger partial charge in [-0.15, -0.1) is 10.2 Å². The number of imidazole rings is 1. The molecule has 0 fully saturated rings. The molecule has 0 aliphatic carbocycles. The number of aromatic nitrogens is 8. The van der Waals surface area contributed by atoms with Crippen molar-refractivity contribution in [1.29, 1.82) is 0 Å². The second kappa shape index (κ2) is 11.8. The van der Waals surface area contributed by atoms with Crippen molar-refractivity contribution in [3.05, 3.63) is 80.8 Å². The van der Waals surface area contributed by atoms with Crippen LogP contribution >= 0.6 is 0 Å². The molecule has 1 unspecified atom stereocenters. The summed E-state index contributed by atoms with van der Waals surface area (Å²) >= 11 is 0. The number of tetrazole rings is 1. The van der Waals surface area contributed by atoms with Crippen molar-refractivity contribution < 1.29 is 14.3 Å². The Labute approximate surface area is 247 Å². The molecule has 3 aromatic heterocycles. The molecule has 224 valence electrons. The van der Waals surface area contributed by atoms with Crippen molar-refractivity contribution in [3.8, 4) is 22.5 Å². The van der Waals surface area contributed by atoms with Crippen LogP contribution in [0.5, 0.6) is 0 Å². The first-order chi connectivity index (χ1) is 20.5. The molecule has 0 bridgehead atoms. The number of aromatic amines is 1. The highest BCUT2D eigenvalue weighted by molar-refractivity contribution is 5.80. The summed E-state index contributed by atoms with van der Waals surface area (Å²) in [7, 11) is 2.67. The number of H-pyrrole nitrogens is 1. The highest BCUT2D eigenvalue weighted by atomic mass is 16.5. The Bertz CT molecular complexity index is 1880. The Morgan fingerprint density at radius 1 is 1.00 bits per heavy atom. The number of nitrogens with zero attached hydrogens (tertiary/aromatic N) is 7. The summed E-state index contributed by atoms with van der Waals surface area (Å²) in [4.78, 5) is 44.4. The van der Waals surface area contributed by atoms with Gasteiger partial charge in [0.1, 0.15) is 18.6 Å². The third-order valence-corrected chi connectivity index (χ3v) is 7.17. The summed E-state index contributed by atoms with van der Waals surface area (Å²) in [5, 5.41) is 14.4. The monoisotopic (exact) mass is 586 g/mol. The average Bonchev–Trinajstić information content (AvgIpc) is 3.63. The van der Waals surface area contributed by atoms with Gasteiger partial charge in [0.15, 0.2) is 11.2 Å². The lowest BCUT2D eigenvalue weighted by atomic mass is 9.92. The Hall–Kier alpha value is -4.91. The minimum atomic E-state index is -0.746. The van der Waals surface area contributed by atoms with Gasteiger partial charge >= 0.3 is 11.7 Å². The van der Waals surface area contributed by atoms with E-state index in [1.807, 2.05) is 53.1 Å². The van der Waals surface area contributed by atoms with Crippen LogP contribution in [0.1, 0.15) is 45.3 Å². The third-order valence-electron chi connectivity index (χ3n) is 7.17. The molecule has 1 N–H and O–H groups in total. The third kappa shape index (κ3) is 5.89. The van der Waals surface area contributed by atoms with Gasteiger partial charge in [-0.3, -0.25) is 9.59 Å². The molecule has 0 aliphatic rings. The van der Waals surface area contributed by atoms with E-state index in [1.165, 1.54) is 18.8 Å². The molecule has 0 saturated carbocycles. The van der Waals surface area contributed by atoms with Gasteiger partial charge < -0.3 is 14.0 Å². The zero-order valence-electron chi connectivity index (χ0n) is 25.0. The fourth-order valence-electron chi connectivity index (χ4n) is 5.02. The number of hydrogen-bond donors (Lipinski definition) is 1. The second-order valence-electron chi connectivity index (χ2n) is 11.5. The molecule has 0 spiro atoms. The average molecular weight is 587 g/mol. The van der Waals surface area contributed by atoms with Gasteiger partial charge in [0.05, 0.1) is 7.11 Å². The van der Waals surface area contributed by atoms with Crippen LogP contribution in [0, 0.1) is 5.41 Å². The fourth-order valence-corrected chi connectivity index (χ4v) is 5.02.